The first kappa shape index (κ1) is 13.0. The van der Waals surface area contributed by atoms with E-state index in [1.165, 1.54) is 0 Å². The van der Waals surface area contributed by atoms with Gasteiger partial charge in [-0.1, -0.05) is 29.8 Å². The lowest BCUT2D eigenvalue weighted by atomic mass is 10.0. The molecule has 2 atom stereocenters. The fourth-order valence-electron chi connectivity index (χ4n) is 2.66. The zero-order chi connectivity index (χ0) is 13.2. The third-order valence-electron chi connectivity index (χ3n) is 3.99. The van der Waals surface area contributed by atoms with Crippen LogP contribution in [0.15, 0.2) is 24.3 Å². The largest absolute Gasteiger partial charge is 0.381 e. The highest BCUT2D eigenvalue weighted by atomic mass is 35.5. The van der Waals surface area contributed by atoms with Gasteiger partial charge in [0, 0.05) is 35.8 Å². The molecule has 1 aliphatic heterocycles. The first-order valence-electron chi connectivity index (χ1n) is 6.82. The summed E-state index contributed by atoms with van der Waals surface area (Å²) in [6, 6.07) is 8.58. The minimum Gasteiger partial charge on any atom is -0.381 e. The first-order chi connectivity index (χ1) is 9.25. The Hall–Kier alpha value is -1.03. The summed E-state index contributed by atoms with van der Waals surface area (Å²) >= 11 is 6.40. The van der Waals surface area contributed by atoms with Crippen LogP contribution in [0.1, 0.15) is 19.0 Å². The number of H-pyrrole nitrogens is 1. The molecule has 4 heteroatoms. The zero-order valence-electron chi connectivity index (χ0n) is 11.1. The normalized spacial score (nSPS) is 21.1. The van der Waals surface area contributed by atoms with Crippen LogP contribution in [0.3, 0.4) is 0 Å². The van der Waals surface area contributed by atoms with E-state index in [1.807, 2.05) is 18.2 Å². The van der Waals surface area contributed by atoms with Crippen molar-refractivity contribution in [3.8, 4) is 0 Å². The number of hydrogen-bond acceptors (Lipinski definition) is 2. The summed E-state index contributed by atoms with van der Waals surface area (Å²) in [4.78, 5) is 3.38. The van der Waals surface area contributed by atoms with Crippen LogP contribution in [0, 0.1) is 5.92 Å². The summed E-state index contributed by atoms with van der Waals surface area (Å²) in [6.45, 7) is 4.75. The van der Waals surface area contributed by atoms with E-state index in [9.17, 15) is 0 Å². The van der Waals surface area contributed by atoms with Crippen molar-refractivity contribution in [1.82, 2.24) is 10.3 Å². The quantitative estimate of drug-likeness (QED) is 0.900. The van der Waals surface area contributed by atoms with Gasteiger partial charge >= 0.3 is 0 Å². The standard InChI is InChI=1S/C15H19ClN2O/c1-10(11-6-7-19-9-11)17-8-14-15(16)12-4-2-3-5-13(12)18-14/h2-5,10-11,17-18H,6-9H2,1H3. The van der Waals surface area contributed by atoms with E-state index in [2.05, 4.69) is 23.3 Å². The fraction of sp³-hybridized carbons (Fsp3) is 0.467. The molecule has 3 nitrogen and oxygen atoms in total. The van der Waals surface area contributed by atoms with Crippen LogP contribution < -0.4 is 5.32 Å². The number of para-hydroxylation sites is 1. The van der Waals surface area contributed by atoms with Crippen LogP contribution >= 0.6 is 11.6 Å². The van der Waals surface area contributed by atoms with Gasteiger partial charge in [0.15, 0.2) is 0 Å². The zero-order valence-corrected chi connectivity index (χ0v) is 11.8. The molecule has 3 rings (SSSR count). The summed E-state index contributed by atoms with van der Waals surface area (Å²) in [5.41, 5.74) is 2.16. The van der Waals surface area contributed by atoms with Crippen LogP contribution in [-0.4, -0.2) is 24.2 Å². The molecule has 2 heterocycles. The fourth-order valence-corrected chi connectivity index (χ4v) is 2.94. The van der Waals surface area contributed by atoms with Crippen molar-refractivity contribution >= 4 is 22.5 Å². The average Bonchev–Trinajstić information content (AvgIpc) is 3.05. The maximum atomic E-state index is 6.40. The molecule has 1 aromatic carbocycles. The molecule has 1 aliphatic rings. The molecule has 2 N–H and O–H groups in total. The molecule has 0 bridgehead atoms. The SMILES string of the molecule is CC(NCc1[nH]c2ccccc2c1Cl)C1CCOC1. The van der Waals surface area contributed by atoms with Gasteiger partial charge in [-0.15, -0.1) is 0 Å². The predicted molar refractivity (Wildman–Crippen MR) is 78.5 cm³/mol. The second-order valence-corrected chi connectivity index (χ2v) is 5.63. The van der Waals surface area contributed by atoms with Gasteiger partial charge < -0.3 is 15.0 Å². The van der Waals surface area contributed by atoms with Crippen molar-refractivity contribution < 1.29 is 4.74 Å². The highest BCUT2D eigenvalue weighted by Gasteiger charge is 2.22. The lowest BCUT2D eigenvalue weighted by Crippen LogP contribution is -2.33. The lowest BCUT2D eigenvalue weighted by molar-refractivity contribution is 0.178. The Morgan fingerprint density at radius 1 is 1.47 bits per heavy atom. The highest BCUT2D eigenvalue weighted by Crippen LogP contribution is 2.27. The van der Waals surface area contributed by atoms with Gasteiger partial charge in [-0.2, -0.15) is 0 Å². The topological polar surface area (TPSA) is 37.0 Å². The molecular formula is C15H19ClN2O. The number of nitrogens with one attached hydrogen (secondary N) is 2. The summed E-state index contributed by atoms with van der Waals surface area (Å²) in [5.74, 6) is 0.614. The van der Waals surface area contributed by atoms with E-state index < -0.39 is 0 Å². The minimum absolute atomic E-state index is 0.449. The van der Waals surface area contributed by atoms with Crippen molar-refractivity contribution in [2.45, 2.75) is 25.9 Å². The second-order valence-electron chi connectivity index (χ2n) is 5.26. The van der Waals surface area contributed by atoms with Crippen molar-refractivity contribution in [2.24, 2.45) is 5.92 Å². The second kappa shape index (κ2) is 5.53. The maximum absolute atomic E-state index is 6.40. The summed E-state index contributed by atoms with van der Waals surface area (Å²) in [6.07, 6.45) is 1.15. The summed E-state index contributed by atoms with van der Waals surface area (Å²) in [5, 5.41) is 5.47. The molecule has 102 valence electrons. The van der Waals surface area contributed by atoms with E-state index in [4.69, 9.17) is 16.3 Å². The first-order valence-corrected chi connectivity index (χ1v) is 7.19. The molecule has 2 aromatic rings. The Morgan fingerprint density at radius 2 is 2.32 bits per heavy atom. The molecule has 0 amide bonds. The molecule has 2 unspecified atom stereocenters. The van der Waals surface area contributed by atoms with Gasteiger partial charge in [-0.25, -0.2) is 0 Å². The van der Waals surface area contributed by atoms with Crippen molar-refractivity contribution in [1.29, 1.82) is 0 Å². The number of fused-ring (bicyclic) bond motifs is 1. The van der Waals surface area contributed by atoms with E-state index in [1.54, 1.807) is 0 Å². The molecule has 0 radical (unpaired) electrons. The minimum atomic E-state index is 0.449. The smallest absolute Gasteiger partial charge is 0.0705 e. The van der Waals surface area contributed by atoms with Crippen molar-refractivity contribution in [3.05, 3.63) is 35.0 Å². The third kappa shape index (κ3) is 2.64. The predicted octanol–water partition coefficient (Wildman–Crippen LogP) is 3.34. The summed E-state index contributed by atoms with van der Waals surface area (Å²) in [7, 11) is 0. The Balaban J connectivity index is 1.69. The van der Waals surface area contributed by atoms with Gasteiger partial charge in [-0.3, -0.25) is 0 Å². The Labute approximate surface area is 118 Å². The van der Waals surface area contributed by atoms with E-state index in [0.717, 1.165) is 47.8 Å². The van der Waals surface area contributed by atoms with Crippen LogP contribution in [0.5, 0.6) is 0 Å². The maximum Gasteiger partial charge on any atom is 0.0705 e. The highest BCUT2D eigenvalue weighted by molar-refractivity contribution is 6.36. The number of ether oxygens (including phenoxy) is 1. The molecule has 0 saturated carbocycles. The van der Waals surface area contributed by atoms with Gasteiger partial charge in [0.1, 0.15) is 0 Å². The van der Waals surface area contributed by atoms with Crippen LogP contribution in [0.25, 0.3) is 10.9 Å². The third-order valence-corrected chi connectivity index (χ3v) is 4.42. The number of benzene rings is 1. The molecule has 0 spiro atoms. The lowest BCUT2D eigenvalue weighted by Gasteiger charge is -2.18. The van der Waals surface area contributed by atoms with Gasteiger partial charge in [0.05, 0.1) is 11.6 Å². The van der Waals surface area contributed by atoms with Gasteiger partial charge in [0.2, 0.25) is 0 Å². The van der Waals surface area contributed by atoms with Crippen LogP contribution in [0.4, 0.5) is 0 Å². The Bertz CT molecular complexity index is 560. The number of rotatable bonds is 4. The van der Waals surface area contributed by atoms with Crippen LogP contribution in [0.2, 0.25) is 5.02 Å². The molecule has 1 fully saturated rings. The monoisotopic (exact) mass is 278 g/mol. The molecule has 0 aliphatic carbocycles. The van der Waals surface area contributed by atoms with Crippen molar-refractivity contribution in [3.63, 3.8) is 0 Å². The number of hydrogen-bond donors (Lipinski definition) is 2. The summed E-state index contributed by atoms with van der Waals surface area (Å²) < 4.78 is 5.43. The number of halogens is 1. The molecule has 1 aromatic heterocycles. The van der Waals surface area contributed by atoms with Crippen molar-refractivity contribution in [2.75, 3.05) is 13.2 Å². The molecular weight excluding hydrogens is 260 g/mol. The van der Waals surface area contributed by atoms with E-state index in [-0.39, 0.29) is 0 Å². The Morgan fingerprint density at radius 3 is 3.05 bits per heavy atom. The van der Waals surface area contributed by atoms with Gasteiger partial charge in [-0.05, 0) is 25.3 Å². The van der Waals surface area contributed by atoms with Gasteiger partial charge in [0.25, 0.3) is 0 Å². The van der Waals surface area contributed by atoms with E-state index >= 15 is 0 Å². The average molecular weight is 279 g/mol. The van der Waals surface area contributed by atoms with E-state index in [0.29, 0.717) is 12.0 Å². The number of aromatic amines is 1. The number of aromatic nitrogens is 1. The molecule has 19 heavy (non-hydrogen) atoms. The van der Waals surface area contributed by atoms with Crippen LogP contribution in [-0.2, 0) is 11.3 Å². The molecule has 1 saturated heterocycles. The Kier molecular flexibility index (Phi) is 3.78.